The average molecular weight is 379 g/mol. The van der Waals surface area contributed by atoms with Gasteiger partial charge in [0.1, 0.15) is 5.75 Å². The highest BCUT2D eigenvalue weighted by atomic mass is 16.6. The van der Waals surface area contributed by atoms with E-state index in [1.165, 1.54) is 19.1 Å². The van der Waals surface area contributed by atoms with Gasteiger partial charge in [-0.2, -0.15) is 5.10 Å². The van der Waals surface area contributed by atoms with Crippen LogP contribution in [0.15, 0.2) is 65.4 Å². The van der Waals surface area contributed by atoms with Gasteiger partial charge in [0, 0.05) is 30.3 Å². The van der Waals surface area contributed by atoms with Crippen molar-refractivity contribution in [3.8, 4) is 5.75 Å². The zero-order valence-corrected chi connectivity index (χ0v) is 16.0. The first-order chi connectivity index (χ1) is 13.4. The second-order valence-corrected chi connectivity index (χ2v) is 6.59. The highest BCUT2D eigenvalue weighted by Crippen LogP contribution is 2.36. The van der Waals surface area contributed by atoms with E-state index in [2.05, 4.69) is 0 Å². The largest absolute Gasteiger partial charge is 0.497 e. The van der Waals surface area contributed by atoms with E-state index in [4.69, 9.17) is 9.84 Å². The second-order valence-electron chi connectivity index (χ2n) is 6.59. The van der Waals surface area contributed by atoms with Gasteiger partial charge in [-0.25, -0.2) is 0 Å². The van der Waals surface area contributed by atoms with Crippen LogP contribution in [-0.2, 0) is 4.79 Å². The van der Waals surface area contributed by atoms with Crippen molar-refractivity contribution in [2.24, 2.45) is 5.10 Å². The molecule has 0 saturated heterocycles. The van der Waals surface area contributed by atoms with Crippen LogP contribution in [0.25, 0.3) is 0 Å². The van der Waals surface area contributed by atoms with Gasteiger partial charge >= 0.3 is 0 Å². The lowest BCUT2D eigenvalue weighted by atomic mass is 9.97. The number of nitrogens with zero attached hydrogens (tertiary/aromatic N) is 3. The number of ketones is 1. The molecule has 1 atom stereocenters. The molecule has 3 rings (SSSR count). The summed E-state index contributed by atoms with van der Waals surface area (Å²) in [6, 6.07) is 13.9. The number of methoxy groups -OCH3 is 1. The number of rotatable bonds is 6. The molecule has 0 saturated carbocycles. The van der Waals surface area contributed by atoms with E-state index in [-0.39, 0.29) is 17.5 Å². The monoisotopic (exact) mass is 379 g/mol. The minimum atomic E-state index is -0.410. The van der Waals surface area contributed by atoms with E-state index in [0.29, 0.717) is 12.1 Å². The summed E-state index contributed by atoms with van der Waals surface area (Å²) in [5.41, 5.74) is 3.28. The minimum Gasteiger partial charge on any atom is -0.497 e. The molecule has 28 heavy (non-hydrogen) atoms. The summed E-state index contributed by atoms with van der Waals surface area (Å²) >= 11 is 0. The number of hydrogen-bond donors (Lipinski definition) is 0. The summed E-state index contributed by atoms with van der Waals surface area (Å²) in [4.78, 5) is 22.3. The van der Waals surface area contributed by atoms with Gasteiger partial charge < -0.3 is 4.74 Å². The minimum absolute atomic E-state index is 0.0311. The highest BCUT2D eigenvalue weighted by molar-refractivity contribution is 6.02. The summed E-state index contributed by atoms with van der Waals surface area (Å²) < 4.78 is 5.20. The molecule has 1 heterocycles. The van der Waals surface area contributed by atoms with Crippen LogP contribution in [0.5, 0.6) is 5.75 Å². The van der Waals surface area contributed by atoms with Crippen LogP contribution in [0.2, 0.25) is 0 Å². The molecule has 0 amide bonds. The fraction of sp³-hybridized carbons (Fsp3) is 0.238. The van der Waals surface area contributed by atoms with Crippen LogP contribution in [0.4, 0.5) is 5.69 Å². The fourth-order valence-electron chi connectivity index (χ4n) is 3.26. The molecule has 0 N–H and O–H groups in total. The number of ether oxygens (including phenoxy) is 1. The molecule has 0 bridgehead atoms. The zero-order chi connectivity index (χ0) is 20.3. The van der Waals surface area contributed by atoms with Gasteiger partial charge in [0.2, 0.25) is 0 Å². The van der Waals surface area contributed by atoms with Crippen molar-refractivity contribution < 1.29 is 14.5 Å². The van der Waals surface area contributed by atoms with E-state index < -0.39 is 4.92 Å². The average Bonchev–Trinajstić information content (AvgIpc) is 3.13. The Labute approximate surface area is 163 Å². The number of carbonyl (C=O) groups is 1. The van der Waals surface area contributed by atoms with Crippen molar-refractivity contribution in [3.63, 3.8) is 0 Å². The molecular formula is C21H21N3O4. The summed E-state index contributed by atoms with van der Waals surface area (Å²) in [7, 11) is 1.61. The van der Waals surface area contributed by atoms with E-state index >= 15 is 0 Å². The summed E-state index contributed by atoms with van der Waals surface area (Å²) in [5.74, 6) is 0.672. The van der Waals surface area contributed by atoms with Crippen LogP contribution in [0, 0.1) is 10.1 Å². The standard InChI is InChI=1S/C21H21N3O4/c1-14(11-15(2)25)23-21(17-5-4-6-18(12-17)24(26)27)13-20(22-23)16-7-9-19(28-3)10-8-16/h4-12,21H,13H2,1-3H3. The van der Waals surface area contributed by atoms with Crippen molar-refractivity contribution in [3.05, 3.63) is 81.5 Å². The second kappa shape index (κ2) is 8.04. The molecule has 0 aromatic heterocycles. The Morgan fingerprint density at radius 1 is 1.25 bits per heavy atom. The van der Waals surface area contributed by atoms with Gasteiger partial charge in [0.15, 0.2) is 5.78 Å². The van der Waals surface area contributed by atoms with Gasteiger partial charge in [-0.15, -0.1) is 0 Å². The first kappa shape index (κ1) is 19.3. The number of hydrogen-bond acceptors (Lipinski definition) is 6. The van der Waals surface area contributed by atoms with Crippen molar-refractivity contribution in [2.75, 3.05) is 7.11 Å². The number of non-ortho nitro benzene ring substituents is 1. The predicted molar refractivity (Wildman–Crippen MR) is 106 cm³/mol. The number of hydrazone groups is 1. The number of benzene rings is 2. The summed E-state index contributed by atoms with van der Waals surface area (Å²) in [6.45, 7) is 3.29. The molecule has 0 fully saturated rings. The number of nitro benzene ring substituents is 1. The Kier molecular flexibility index (Phi) is 5.54. The maximum Gasteiger partial charge on any atom is 0.269 e. The topological polar surface area (TPSA) is 85.0 Å². The van der Waals surface area contributed by atoms with E-state index in [0.717, 1.165) is 22.6 Å². The lowest BCUT2D eigenvalue weighted by Crippen LogP contribution is -2.18. The first-order valence-corrected chi connectivity index (χ1v) is 8.83. The molecule has 2 aromatic carbocycles. The smallest absolute Gasteiger partial charge is 0.269 e. The quantitative estimate of drug-likeness (QED) is 0.426. The molecule has 1 unspecified atom stereocenters. The van der Waals surface area contributed by atoms with Gasteiger partial charge in [-0.05, 0) is 49.2 Å². The maximum absolute atomic E-state index is 11.6. The van der Waals surface area contributed by atoms with Gasteiger partial charge in [0.25, 0.3) is 5.69 Å². The van der Waals surface area contributed by atoms with Crippen LogP contribution in [0.1, 0.15) is 37.4 Å². The van der Waals surface area contributed by atoms with Crippen LogP contribution < -0.4 is 4.74 Å². The molecule has 144 valence electrons. The summed E-state index contributed by atoms with van der Waals surface area (Å²) in [5, 5.41) is 17.7. The highest BCUT2D eigenvalue weighted by Gasteiger charge is 2.30. The third-order valence-electron chi connectivity index (χ3n) is 4.57. The number of allylic oxidation sites excluding steroid dienone is 2. The normalized spacial score (nSPS) is 16.7. The lowest BCUT2D eigenvalue weighted by molar-refractivity contribution is -0.384. The molecule has 1 aliphatic heterocycles. The van der Waals surface area contributed by atoms with E-state index in [9.17, 15) is 14.9 Å². The Morgan fingerprint density at radius 3 is 2.57 bits per heavy atom. The molecular weight excluding hydrogens is 358 g/mol. The SMILES string of the molecule is COc1ccc(C2=NN(C(C)=CC(C)=O)C(c3cccc([N+](=O)[O-])c3)C2)cc1. The van der Waals surface area contributed by atoms with Crippen LogP contribution in [0.3, 0.4) is 0 Å². The number of nitro groups is 1. The Hall–Kier alpha value is -3.48. The zero-order valence-electron chi connectivity index (χ0n) is 16.0. The van der Waals surface area contributed by atoms with Gasteiger partial charge in [-0.3, -0.25) is 19.9 Å². The predicted octanol–water partition coefficient (Wildman–Crippen LogP) is 4.25. The Bertz CT molecular complexity index is 964. The molecule has 2 aromatic rings. The molecule has 1 aliphatic rings. The Balaban J connectivity index is 2.00. The van der Waals surface area contributed by atoms with Crippen molar-refractivity contribution in [2.45, 2.75) is 26.3 Å². The van der Waals surface area contributed by atoms with E-state index in [1.54, 1.807) is 24.3 Å². The summed E-state index contributed by atoms with van der Waals surface area (Å²) in [6.07, 6.45) is 2.08. The van der Waals surface area contributed by atoms with Crippen molar-refractivity contribution in [1.29, 1.82) is 0 Å². The lowest BCUT2D eigenvalue weighted by Gasteiger charge is -2.24. The van der Waals surface area contributed by atoms with Crippen molar-refractivity contribution in [1.82, 2.24) is 5.01 Å². The molecule has 0 aliphatic carbocycles. The third-order valence-corrected chi connectivity index (χ3v) is 4.57. The maximum atomic E-state index is 11.6. The van der Waals surface area contributed by atoms with Crippen molar-refractivity contribution >= 4 is 17.2 Å². The van der Waals surface area contributed by atoms with E-state index in [1.807, 2.05) is 37.3 Å². The number of carbonyl (C=O) groups excluding carboxylic acids is 1. The third kappa shape index (κ3) is 4.09. The first-order valence-electron chi connectivity index (χ1n) is 8.83. The van der Waals surface area contributed by atoms with Crippen LogP contribution >= 0.6 is 0 Å². The molecule has 0 radical (unpaired) electrons. The Morgan fingerprint density at radius 2 is 1.96 bits per heavy atom. The van der Waals surface area contributed by atoms with Crippen LogP contribution in [-0.4, -0.2) is 28.5 Å². The molecule has 0 spiro atoms. The fourth-order valence-corrected chi connectivity index (χ4v) is 3.26. The molecule has 7 heteroatoms. The van der Waals surface area contributed by atoms with Gasteiger partial charge in [-0.1, -0.05) is 12.1 Å². The molecule has 7 nitrogen and oxygen atoms in total. The van der Waals surface area contributed by atoms with Gasteiger partial charge in [0.05, 0.1) is 23.8 Å².